The lowest BCUT2D eigenvalue weighted by molar-refractivity contribution is 0.0475. The van der Waals surface area contributed by atoms with E-state index in [4.69, 9.17) is 22.8 Å². The van der Waals surface area contributed by atoms with E-state index in [-0.39, 0.29) is 5.91 Å². The van der Waals surface area contributed by atoms with Crippen LogP contribution in [0.1, 0.15) is 22.1 Å². The van der Waals surface area contributed by atoms with E-state index in [9.17, 15) is 9.59 Å². The van der Waals surface area contributed by atoms with E-state index < -0.39 is 12.3 Å². The van der Waals surface area contributed by atoms with Gasteiger partial charge in [0.25, 0.3) is 5.91 Å². The maximum atomic E-state index is 13.3. The highest BCUT2D eigenvalue weighted by atomic mass is 35.5. The van der Waals surface area contributed by atoms with Crippen LogP contribution >= 0.6 is 11.6 Å². The lowest BCUT2D eigenvalue weighted by atomic mass is 10.1. The van der Waals surface area contributed by atoms with Crippen molar-refractivity contribution >= 4 is 40.5 Å². The second kappa shape index (κ2) is 8.70. The molecule has 9 heteroatoms. The van der Waals surface area contributed by atoms with Crippen molar-refractivity contribution in [2.24, 2.45) is 0 Å². The van der Waals surface area contributed by atoms with E-state index in [0.717, 1.165) is 5.39 Å². The van der Waals surface area contributed by atoms with Crippen molar-refractivity contribution in [1.82, 2.24) is 19.8 Å². The average molecular weight is 462 g/mol. The van der Waals surface area contributed by atoms with Gasteiger partial charge in [-0.3, -0.25) is 14.6 Å². The summed E-state index contributed by atoms with van der Waals surface area (Å²) in [7, 11) is 0. The fraction of sp³-hybridized carbons (Fsp3) is 0.250. The second-order valence-electron chi connectivity index (χ2n) is 7.82. The molecular formula is C24H20ClN5O3. The zero-order valence-electron chi connectivity index (χ0n) is 17.6. The number of halogens is 1. The Morgan fingerprint density at radius 2 is 1.85 bits per heavy atom. The van der Waals surface area contributed by atoms with Crippen LogP contribution in [0.2, 0.25) is 5.15 Å². The molecule has 2 aliphatic heterocycles. The van der Waals surface area contributed by atoms with Crippen LogP contribution < -0.4 is 4.90 Å². The summed E-state index contributed by atoms with van der Waals surface area (Å²) in [5, 5.41) is 1.08. The van der Waals surface area contributed by atoms with Gasteiger partial charge in [-0.25, -0.2) is 14.8 Å². The molecule has 8 nitrogen and oxygen atoms in total. The van der Waals surface area contributed by atoms with Crippen molar-refractivity contribution in [3.05, 3.63) is 64.8 Å². The highest BCUT2D eigenvalue weighted by Crippen LogP contribution is 2.38. The monoisotopic (exact) mass is 461 g/mol. The second-order valence-corrected chi connectivity index (χ2v) is 8.20. The first-order chi connectivity index (χ1) is 16.0. The fourth-order valence-corrected chi connectivity index (χ4v) is 4.25. The lowest BCUT2D eigenvalue weighted by Crippen LogP contribution is -2.49. The van der Waals surface area contributed by atoms with E-state index in [1.165, 1.54) is 4.90 Å². The van der Waals surface area contributed by atoms with Crippen molar-refractivity contribution in [3.63, 3.8) is 0 Å². The number of benzene rings is 1. The number of nitrogens with zero attached hydrogens (tertiary/aromatic N) is 5. The summed E-state index contributed by atoms with van der Waals surface area (Å²) in [4.78, 5) is 40.2. The Labute approximate surface area is 195 Å². The average Bonchev–Trinajstić information content (AvgIpc) is 3.11. The maximum Gasteiger partial charge on any atom is 0.412 e. The summed E-state index contributed by atoms with van der Waals surface area (Å²) in [5.74, 6) is 2.66. The van der Waals surface area contributed by atoms with Gasteiger partial charge >= 0.3 is 6.09 Å². The summed E-state index contributed by atoms with van der Waals surface area (Å²) in [5.41, 5.74) is 1.48. The van der Waals surface area contributed by atoms with Gasteiger partial charge in [-0.05, 0) is 30.3 Å². The first-order valence-corrected chi connectivity index (χ1v) is 10.9. The number of rotatable bonds is 3. The molecule has 1 saturated heterocycles. The fourth-order valence-electron chi connectivity index (χ4n) is 4.11. The van der Waals surface area contributed by atoms with Crippen LogP contribution in [0.5, 0.6) is 0 Å². The van der Waals surface area contributed by atoms with Crippen LogP contribution in [0.3, 0.4) is 0 Å². The number of amides is 2. The normalized spacial score (nSPS) is 18.3. The molecule has 33 heavy (non-hydrogen) atoms. The third-order valence-corrected chi connectivity index (χ3v) is 6.03. The molecule has 1 fully saturated rings. The zero-order chi connectivity index (χ0) is 22.9. The molecule has 1 aromatic carbocycles. The predicted molar refractivity (Wildman–Crippen MR) is 124 cm³/mol. The van der Waals surface area contributed by atoms with Crippen LogP contribution in [0.25, 0.3) is 11.0 Å². The predicted octanol–water partition coefficient (Wildman–Crippen LogP) is 3.33. The van der Waals surface area contributed by atoms with Crippen LogP contribution in [-0.4, -0.2) is 64.5 Å². The van der Waals surface area contributed by atoms with Gasteiger partial charge in [0.15, 0.2) is 5.65 Å². The van der Waals surface area contributed by atoms with Gasteiger partial charge in [0.1, 0.15) is 11.0 Å². The molecule has 0 spiro atoms. The third-order valence-electron chi connectivity index (χ3n) is 5.82. The summed E-state index contributed by atoms with van der Waals surface area (Å²) >= 11 is 6.03. The van der Waals surface area contributed by atoms with Gasteiger partial charge in [0.2, 0.25) is 6.23 Å². The summed E-state index contributed by atoms with van der Waals surface area (Å²) in [6, 6.07) is 14.1. The Kier molecular flexibility index (Phi) is 5.58. The lowest BCUT2D eigenvalue weighted by Gasteiger charge is -2.34. The number of fused-ring (bicyclic) bond motifs is 2. The quantitative estimate of drug-likeness (QED) is 0.440. The molecule has 0 radical (unpaired) electrons. The molecular weight excluding hydrogens is 442 g/mol. The minimum absolute atomic E-state index is 0.295. The minimum Gasteiger partial charge on any atom is -0.420 e. The molecule has 5 rings (SSSR count). The van der Waals surface area contributed by atoms with Gasteiger partial charge in [0, 0.05) is 42.7 Å². The summed E-state index contributed by atoms with van der Waals surface area (Å²) in [6.45, 7) is 2.88. The molecule has 3 aromatic rings. The highest BCUT2D eigenvalue weighted by Gasteiger charge is 2.42. The van der Waals surface area contributed by atoms with Crippen LogP contribution in [-0.2, 0) is 4.74 Å². The first-order valence-electron chi connectivity index (χ1n) is 10.5. The number of hydrogen-bond acceptors (Lipinski definition) is 6. The Balaban J connectivity index is 1.44. The number of terminal acetylenes is 1. The van der Waals surface area contributed by atoms with Crippen LogP contribution in [0, 0.1) is 12.3 Å². The topological polar surface area (TPSA) is 78.9 Å². The molecule has 0 N–H and O–H groups in total. The smallest absolute Gasteiger partial charge is 0.412 e. The number of pyridine rings is 2. The molecule has 0 bridgehead atoms. The third kappa shape index (κ3) is 3.97. The standard InChI is InChI=1S/C24H20ClN5O3/c1-2-11-28-12-14-29(15-13-28)24(32)33-23-18-6-4-3-5-17(18)22(31)30(23)20-10-8-16-7-9-19(25)26-21(16)27-20/h1,3-10,23H,11-15H2. The summed E-state index contributed by atoms with van der Waals surface area (Å²) < 4.78 is 5.89. The van der Waals surface area contributed by atoms with Crippen molar-refractivity contribution in [2.75, 3.05) is 37.6 Å². The molecule has 166 valence electrons. The van der Waals surface area contributed by atoms with Gasteiger partial charge < -0.3 is 9.64 Å². The molecule has 2 amide bonds. The zero-order valence-corrected chi connectivity index (χ0v) is 18.4. The number of carbonyl (C=O) groups excluding carboxylic acids is 2. The van der Waals surface area contributed by atoms with Gasteiger partial charge in [-0.15, -0.1) is 6.42 Å². The van der Waals surface area contributed by atoms with E-state index in [2.05, 4.69) is 20.8 Å². The van der Waals surface area contributed by atoms with Crippen molar-refractivity contribution in [1.29, 1.82) is 0 Å². The number of carbonyl (C=O) groups is 2. The largest absolute Gasteiger partial charge is 0.420 e. The molecule has 4 heterocycles. The molecule has 1 unspecified atom stereocenters. The Hall–Kier alpha value is -3.67. The number of piperazine rings is 1. The molecule has 1 atom stereocenters. The van der Waals surface area contributed by atoms with Crippen LogP contribution in [0.15, 0.2) is 48.5 Å². The molecule has 0 saturated carbocycles. The van der Waals surface area contributed by atoms with Gasteiger partial charge in [-0.2, -0.15) is 0 Å². The van der Waals surface area contributed by atoms with E-state index in [1.54, 1.807) is 47.4 Å². The van der Waals surface area contributed by atoms with E-state index in [0.29, 0.717) is 60.5 Å². The van der Waals surface area contributed by atoms with Crippen molar-refractivity contribution in [3.8, 4) is 12.3 Å². The molecule has 2 aromatic heterocycles. The highest BCUT2D eigenvalue weighted by molar-refractivity contribution is 6.29. The van der Waals surface area contributed by atoms with E-state index in [1.807, 2.05) is 6.07 Å². The summed E-state index contributed by atoms with van der Waals surface area (Å²) in [6.07, 6.45) is 3.96. The van der Waals surface area contributed by atoms with Crippen molar-refractivity contribution < 1.29 is 14.3 Å². The van der Waals surface area contributed by atoms with Gasteiger partial charge in [-0.1, -0.05) is 35.7 Å². The number of hydrogen-bond donors (Lipinski definition) is 0. The number of aromatic nitrogens is 2. The maximum absolute atomic E-state index is 13.3. The Bertz CT molecular complexity index is 1280. The van der Waals surface area contributed by atoms with E-state index >= 15 is 0 Å². The Morgan fingerprint density at radius 3 is 2.64 bits per heavy atom. The Morgan fingerprint density at radius 1 is 1.09 bits per heavy atom. The van der Waals surface area contributed by atoms with Crippen LogP contribution in [0.4, 0.5) is 10.6 Å². The SMILES string of the molecule is C#CCN1CCN(C(=O)OC2c3ccccc3C(=O)N2c2ccc3ccc(Cl)nc3n2)CC1. The van der Waals surface area contributed by atoms with Crippen molar-refractivity contribution in [2.45, 2.75) is 6.23 Å². The van der Waals surface area contributed by atoms with Gasteiger partial charge in [0.05, 0.1) is 6.54 Å². The molecule has 2 aliphatic rings. The first kappa shape index (κ1) is 21.2. The number of anilines is 1. The minimum atomic E-state index is -0.936. The molecule has 0 aliphatic carbocycles. The number of ether oxygens (including phenoxy) is 1.